The molecule has 0 aliphatic rings. The molecule has 0 heterocycles. The lowest BCUT2D eigenvalue weighted by atomic mass is 9.87. The molecule has 0 spiro atoms. The summed E-state index contributed by atoms with van der Waals surface area (Å²) in [6.07, 6.45) is -4.27. The average molecular weight is 524 g/mol. The van der Waals surface area contributed by atoms with E-state index in [1.54, 1.807) is 6.07 Å². The highest BCUT2D eigenvalue weighted by atomic mass is 35.5. The Balaban J connectivity index is 1.90. The van der Waals surface area contributed by atoms with Crippen molar-refractivity contribution in [2.45, 2.75) is 45.3 Å². The summed E-state index contributed by atoms with van der Waals surface area (Å²) in [5.74, 6) is -0.924. The average Bonchev–Trinajstić information content (AvgIpc) is 2.78. The lowest BCUT2D eigenvalue weighted by Gasteiger charge is -2.25. The van der Waals surface area contributed by atoms with E-state index < -0.39 is 23.4 Å². The van der Waals surface area contributed by atoms with Gasteiger partial charge in [0, 0.05) is 18.1 Å². The van der Waals surface area contributed by atoms with Crippen molar-refractivity contribution in [3.63, 3.8) is 0 Å². The van der Waals surface area contributed by atoms with Gasteiger partial charge >= 0.3 is 6.18 Å². The Kier molecular flexibility index (Phi) is 8.07. The fraction of sp³-hybridized carbons (Fsp3) is 0.296. The van der Waals surface area contributed by atoms with Crippen LogP contribution in [0.5, 0.6) is 5.75 Å². The molecule has 0 radical (unpaired) electrons. The minimum Gasteiger partial charge on any atom is -0.506 e. The lowest BCUT2D eigenvalue weighted by molar-refractivity contribution is -0.137. The van der Waals surface area contributed by atoms with Gasteiger partial charge in [0.25, 0.3) is 5.91 Å². The molecule has 0 saturated heterocycles. The molecule has 0 aliphatic heterocycles. The molecule has 0 aliphatic carbocycles. The van der Waals surface area contributed by atoms with Gasteiger partial charge in [0.1, 0.15) is 5.75 Å². The molecule has 3 aromatic rings. The number of benzene rings is 3. The second kappa shape index (κ2) is 10.5. The normalized spacial score (nSPS) is 12.0. The monoisotopic (exact) mass is 523 g/mol. The summed E-state index contributed by atoms with van der Waals surface area (Å²) in [5.41, 5.74) is 1.54. The van der Waals surface area contributed by atoms with Gasteiger partial charge in [-0.2, -0.15) is 13.2 Å². The van der Waals surface area contributed by atoms with Crippen LogP contribution in [0.3, 0.4) is 0 Å². The Morgan fingerprint density at radius 1 is 0.914 bits per heavy atom. The van der Waals surface area contributed by atoms with Crippen LogP contribution in [0.4, 0.5) is 13.2 Å². The fourth-order valence-corrected chi connectivity index (χ4v) is 4.14. The van der Waals surface area contributed by atoms with Gasteiger partial charge in [0.05, 0.1) is 16.1 Å². The maximum absolute atomic E-state index is 13.4. The van der Waals surface area contributed by atoms with Crippen molar-refractivity contribution in [3.05, 3.63) is 98.5 Å². The lowest BCUT2D eigenvalue weighted by Crippen LogP contribution is -2.32. The van der Waals surface area contributed by atoms with Gasteiger partial charge < -0.3 is 10.0 Å². The Bertz CT molecular complexity index is 1200. The molecule has 1 amide bonds. The molecule has 1 N–H and O–H groups in total. The molecule has 0 saturated carbocycles. The summed E-state index contributed by atoms with van der Waals surface area (Å²) in [5, 5.41) is 10.5. The summed E-state index contributed by atoms with van der Waals surface area (Å²) >= 11 is 12.1. The van der Waals surface area contributed by atoms with Gasteiger partial charge in [-0.1, -0.05) is 86.4 Å². The second-order valence-electron chi connectivity index (χ2n) is 9.41. The third-order valence-corrected chi connectivity index (χ3v) is 6.17. The highest BCUT2D eigenvalue weighted by molar-refractivity contribution is 6.36. The maximum Gasteiger partial charge on any atom is 0.416 e. The van der Waals surface area contributed by atoms with Crippen LogP contribution in [-0.4, -0.2) is 22.5 Å². The molecule has 0 unspecified atom stereocenters. The fourth-order valence-electron chi connectivity index (χ4n) is 3.65. The van der Waals surface area contributed by atoms with Crippen molar-refractivity contribution in [3.8, 4) is 5.75 Å². The number of phenolic OH excluding ortho intramolecular Hbond substituents is 1. The standard InChI is InChI=1S/C27H26Cl2F3NO2/c1-26(2,3)19-9-7-18(8-10-19)16-33(25(35)22-14-21(28)15-23(29)24(22)34)12-11-17-5-4-6-20(13-17)27(30,31)32/h4-10,13-15,34H,11-12,16H2,1-3H3. The van der Waals surface area contributed by atoms with Gasteiger partial charge in [-0.15, -0.1) is 0 Å². The Morgan fingerprint density at radius 2 is 1.57 bits per heavy atom. The van der Waals surface area contributed by atoms with E-state index in [2.05, 4.69) is 20.8 Å². The van der Waals surface area contributed by atoms with Crippen LogP contribution in [0.2, 0.25) is 10.0 Å². The predicted octanol–water partition coefficient (Wildman–Crippen LogP) is 7.90. The molecule has 35 heavy (non-hydrogen) atoms. The number of rotatable bonds is 6. The van der Waals surface area contributed by atoms with E-state index in [0.717, 1.165) is 23.3 Å². The summed E-state index contributed by atoms with van der Waals surface area (Å²) in [6.45, 7) is 6.59. The number of aromatic hydroxyl groups is 1. The Hall–Kier alpha value is -2.70. The number of hydrogen-bond acceptors (Lipinski definition) is 2. The van der Waals surface area contributed by atoms with Gasteiger partial charge in [-0.25, -0.2) is 0 Å². The number of carbonyl (C=O) groups excluding carboxylic acids is 1. The molecule has 0 bridgehead atoms. The topological polar surface area (TPSA) is 40.5 Å². The van der Waals surface area contributed by atoms with E-state index in [0.29, 0.717) is 5.56 Å². The Labute approximate surface area is 213 Å². The van der Waals surface area contributed by atoms with Crippen LogP contribution in [0.15, 0.2) is 60.7 Å². The van der Waals surface area contributed by atoms with E-state index in [1.807, 2.05) is 24.3 Å². The van der Waals surface area contributed by atoms with E-state index in [1.165, 1.54) is 23.1 Å². The van der Waals surface area contributed by atoms with Gasteiger partial charge in [-0.3, -0.25) is 4.79 Å². The zero-order valence-electron chi connectivity index (χ0n) is 19.6. The first-order chi connectivity index (χ1) is 16.3. The highest BCUT2D eigenvalue weighted by Gasteiger charge is 2.30. The highest BCUT2D eigenvalue weighted by Crippen LogP contribution is 2.33. The van der Waals surface area contributed by atoms with E-state index in [4.69, 9.17) is 23.2 Å². The Morgan fingerprint density at radius 3 is 2.17 bits per heavy atom. The van der Waals surface area contributed by atoms with Crippen LogP contribution < -0.4 is 0 Å². The summed E-state index contributed by atoms with van der Waals surface area (Å²) in [4.78, 5) is 14.9. The first-order valence-electron chi connectivity index (χ1n) is 11.0. The summed E-state index contributed by atoms with van der Waals surface area (Å²) in [7, 11) is 0. The molecule has 0 fully saturated rings. The van der Waals surface area contributed by atoms with Crippen molar-refractivity contribution < 1.29 is 23.1 Å². The van der Waals surface area contributed by atoms with Crippen molar-refractivity contribution in [2.24, 2.45) is 0 Å². The number of carbonyl (C=O) groups is 1. The maximum atomic E-state index is 13.4. The molecule has 0 aromatic heterocycles. The van der Waals surface area contributed by atoms with Crippen molar-refractivity contribution in [1.29, 1.82) is 0 Å². The minimum atomic E-state index is -4.45. The molecule has 186 valence electrons. The molecular formula is C27H26Cl2F3NO2. The second-order valence-corrected chi connectivity index (χ2v) is 10.2. The molecule has 8 heteroatoms. The van der Waals surface area contributed by atoms with Crippen LogP contribution in [0.25, 0.3) is 0 Å². The zero-order chi connectivity index (χ0) is 26.0. The van der Waals surface area contributed by atoms with Crippen LogP contribution in [0.1, 0.15) is 53.4 Å². The molecule has 3 rings (SSSR count). The smallest absolute Gasteiger partial charge is 0.416 e. The van der Waals surface area contributed by atoms with E-state index in [-0.39, 0.29) is 40.5 Å². The number of alkyl halides is 3. The molecule has 3 nitrogen and oxygen atoms in total. The van der Waals surface area contributed by atoms with Gasteiger partial charge in [0.15, 0.2) is 0 Å². The minimum absolute atomic E-state index is 0.0408. The van der Waals surface area contributed by atoms with E-state index >= 15 is 0 Å². The van der Waals surface area contributed by atoms with E-state index in [9.17, 15) is 23.1 Å². The SMILES string of the molecule is CC(C)(C)c1ccc(CN(CCc2cccc(C(F)(F)F)c2)C(=O)c2cc(Cl)cc(Cl)c2O)cc1. The number of hydrogen-bond donors (Lipinski definition) is 1. The number of nitrogens with zero attached hydrogens (tertiary/aromatic N) is 1. The van der Waals surface area contributed by atoms with Crippen molar-refractivity contribution >= 4 is 29.1 Å². The quantitative estimate of drug-likeness (QED) is 0.356. The van der Waals surface area contributed by atoms with Crippen molar-refractivity contribution in [1.82, 2.24) is 4.90 Å². The predicted molar refractivity (Wildman–Crippen MR) is 133 cm³/mol. The van der Waals surface area contributed by atoms with Crippen LogP contribution in [0, 0.1) is 0 Å². The molecule has 0 atom stereocenters. The summed E-state index contributed by atoms with van der Waals surface area (Å²) < 4.78 is 39.4. The number of halogens is 5. The number of phenols is 1. The van der Waals surface area contributed by atoms with Crippen LogP contribution in [-0.2, 0) is 24.6 Å². The van der Waals surface area contributed by atoms with Gasteiger partial charge in [0.2, 0.25) is 0 Å². The van der Waals surface area contributed by atoms with Gasteiger partial charge in [-0.05, 0) is 46.7 Å². The molecule has 3 aromatic carbocycles. The van der Waals surface area contributed by atoms with Crippen molar-refractivity contribution in [2.75, 3.05) is 6.54 Å². The largest absolute Gasteiger partial charge is 0.506 e. The zero-order valence-corrected chi connectivity index (χ0v) is 21.1. The van der Waals surface area contributed by atoms with Crippen LogP contribution >= 0.6 is 23.2 Å². The third-order valence-electron chi connectivity index (χ3n) is 5.66. The third kappa shape index (κ3) is 6.92. The number of amides is 1. The first-order valence-corrected chi connectivity index (χ1v) is 11.7. The molecular weight excluding hydrogens is 498 g/mol. The summed E-state index contributed by atoms with van der Waals surface area (Å²) in [6, 6.07) is 15.5. The first kappa shape index (κ1) is 26.9.